The molecule has 19 heavy (non-hydrogen) atoms. The predicted molar refractivity (Wildman–Crippen MR) is 83.3 cm³/mol. The third-order valence-electron chi connectivity index (χ3n) is 2.41. The first-order valence-electron chi connectivity index (χ1n) is 5.64. The number of halogens is 2. The van der Waals surface area contributed by atoms with Crippen LogP contribution in [0.4, 0.5) is 5.69 Å². The Hall–Kier alpha value is -1.58. The highest BCUT2D eigenvalue weighted by Gasteiger charge is 1.99. The zero-order valence-corrected chi connectivity index (χ0v) is 12.3. The molecule has 0 aromatic heterocycles. The molecule has 0 spiro atoms. The van der Waals surface area contributed by atoms with Crippen LogP contribution in [-0.2, 0) is 4.79 Å². The molecular weight excluding hydrogens is 326 g/mol. The van der Waals surface area contributed by atoms with Gasteiger partial charge in [-0.05, 0) is 35.9 Å². The maximum absolute atomic E-state index is 11.8. The van der Waals surface area contributed by atoms with Gasteiger partial charge in [-0.1, -0.05) is 51.8 Å². The monoisotopic (exact) mass is 335 g/mol. The number of amides is 1. The van der Waals surface area contributed by atoms with Crippen molar-refractivity contribution in [3.8, 4) is 0 Å². The van der Waals surface area contributed by atoms with E-state index in [1.807, 2.05) is 42.5 Å². The normalized spacial score (nSPS) is 10.6. The Bertz CT molecular complexity index is 625. The van der Waals surface area contributed by atoms with E-state index in [-0.39, 0.29) is 5.91 Å². The molecular formula is C15H11BrClNO. The first kappa shape index (κ1) is 13.8. The summed E-state index contributed by atoms with van der Waals surface area (Å²) in [6.45, 7) is 0. The van der Waals surface area contributed by atoms with Crippen molar-refractivity contribution < 1.29 is 4.79 Å². The fourth-order valence-electron chi connectivity index (χ4n) is 1.53. The van der Waals surface area contributed by atoms with Gasteiger partial charge in [0, 0.05) is 21.3 Å². The lowest BCUT2D eigenvalue weighted by atomic mass is 10.2. The van der Waals surface area contributed by atoms with Crippen LogP contribution in [0.25, 0.3) is 6.08 Å². The first-order valence-corrected chi connectivity index (χ1v) is 6.81. The van der Waals surface area contributed by atoms with Gasteiger partial charge in [-0.3, -0.25) is 4.79 Å². The standard InChI is InChI=1S/C15H11BrClNO/c16-12-5-3-6-13(10-12)18-15(19)9-8-11-4-1-2-7-14(11)17/h1-10H,(H,18,19). The van der Waals surface area contributed by atoms with Crippen LogP contribution in [0.15, 0.2) is 59.1 Å². The fraction of sp³-hybridized carbons (Fsp3) is 0. The zero-order valence-electron chi connectivity index (χ0n) is 9.94. The number of hydrogen-bond donors (Lipinski definition) is 1. The van der Waals surface area contributed by atoms with Crippen molar-refractivity contribution in [2.45, 2.75) is 0 Å². The topological polar surface area (TPSA) is 29.1 Å². The van der Waals surface area contributed by atoms with E-state index in [0.29, 0.717) is 5.02 Å². The largest absolute Gasteiger partial charge is 0.322 e. The van der Waals surface area contributed by atoms with Gasteiger partial charge in [0.2, 0.25) is 5.91 Å². The molecule has 4 heteroatoms. The highest BCUT2D eigenvalue weighted by atomic mass is 79.9. The minimum Gasteiger partial charge on any atom is -0.322 e. The van der Waals surface area contributed by atoms with Crippen molar-refractivity contribution in [1.29, 1.82) is 0 Å². The second-order valence-electron chi connectivity index (χ2n) is 3.85. The number of hydrogen-bond acceptors (Lipinski definition) is 1. The Kier molecular flexibility index (Phi) is 4.77. The van der Waals surface area contributed by atoms with Crippen LogP contribution in [0.3, 0.4) is 0 Å². The van der Waals surface area contributed by atoms with Crippen molar-refractivity contribution in [3.05, 3.63) is 69.7 Å². The molecule has 0 fully saturated rings. The fourth-order valence-corrected chi connectivity index (χ4v) is 2.12. The summed E-state index contributed by atoms with van der Waals surface area (Å²) in [5.41, 5.74) is 1.55. The van der Waals surface area contributed by atoms with Gasteiger partial charge < -0.3 is 5.32 Å². The molecule has 1 amide bonds. The van der Waals surface area contributed by atoms with E-state index in [9.17, 15) is 4.79 Å². The summed E-state index contributed by atoms with van der Waals surface area (Å²) >= 11 is 9.35. The van der Waals surface area contributed by atoms with Crippen LogP contribution in [0.5, 0.6) is 0 Å². The third-order valence-corrected chi connectivity index (χ3v) is 3.25. The Labute approximate surface area is 125 Å². The number of rotatable bonds is 3. The van der Waals surface area contributed by atoms with Crippen molar-refractivity contribution in [2.24, 2.45) is 0 Å². The van der Waals surface area contributed by atoms with Crippen molar-refractivity contribution in [3.63, 3.8) is 0 Å². The van der Waals surface area contributed by atoms with Crippen LogP contribution in [-0.4, -0.2) is 5.91 Å². The average molecular weight is 337 g/mol. The zero-order chi connectivity index (χ0) is 13.7. The molecule has 1 N–H and O–H groups in total. The van der Waals surface area contributed by atoms with Gasteiger partial charge in [0.15, 0.2) is 0 Å². The van der Waals surface area contributed by atoms with Gasteiger partial charge in [0.25, 0.3) is 0 Å². The van der Waals surface area contributed by atoms with Gasteiger partial charge in [0.05, 0.1) is 0 Å². The van der Waals surface area contributed by atoms with Gasteiger partial charge in [-0.2, -0.15) is 0 Å². The highest BCUT2D eigenvalue weighted by molar-refractivity contribution is 9.10. The van der Waals surface area contributed by atoms with Crippen molar-refractivity contribution >= 4 is 45.2 Å². The van der Waals surface area contributed by atoms with Crippen molar-refractivity contribution in [1.82, 2.24) is 0 Å². The molecule has 2 aromatic rings. The van der Waals surface area contributed by atoms with E-state index < -0.39 is 0 Å². The SMILES string of the molecule is O=C(C=Cc1ccccc1Cl)Nc1cccc(Br)c1. The summed E-state index contributed by atoms with van der Waals surface area (Å²) in [5.74, 6) is -0.196. The van der Waals surface area contributed by atoms with E-state index in [1.54, 1.807) is 12.1 Å². The van der Waals surface area contributed by atoms with E-state index in [2.05, 4.69) is 21.2 Å². The lowest BCUT2D eigenvalue weighted by molar-refractivity contribution is -0.111. The highest BCUT2D eigenvalue weighted by Crippen LogP contribution is 2.17. The second-order valence-corrected chi connectivity index (χ2v) is 5.18. The van der Waals surface area contributed by atoms with Gasteiger partial charge in [-0.15, -0.1) is 0 Å². The molecule has 0 aliphatic rings. The molecule has 0 unspecified atom stereocenters. The second kappa shape index (κ2) is 6.55. The molecule has 0 bridgehead atoms. The molecule has 0 aliphatic carbocycles. The van der Waals surface area contributed by atoms with Crippen LogP contribution < -0.4 is 5.32 Å². The smallest absolute Gasteiger partial charge is 0.248 e. The number of nitrogens with one attached hydrogen (secondary N) is 1. The molecule has 2 nitrogen and oxygen atoms in total. The predicted octanol–water partition coefficient (Wildman–Crippen LogP) is 4.75. The van der Waals surface area contributed by atoms with E-state index in [1.165, 1.54) is 6.08 Å². The Balaban J connectivity index is 2.04. The molecule has 0 heterocycles. The molecule has 0 atom stereocenters. The first-order chi connectivity index (χ1) is 9.15. The van der Waals surface area contributed by atoms with Gasteiger partial charge >= 0.3 is 0 Å². The van der Waals surface area contributed by atoms with Gasteiger partial charge in [0.1, 0.15) is 0 Å². The number of carbonyl (C=O) groups excluding carboxylic acids is 1. The van der Waals surface area contributed by atoms with Crippen molar-refractivity contribution in [2.75, 3.05) is 5.32 Å². The number of anilines is 1. The summed E-state index contributed by atoms with van der Waals surface area (Å²) < 4.78 is 0.917. The third kappa shape index (κ3) is 4.23. The van der Waals surface area contributed by atoms with E-state index in [4.69, 9.17) is 11.6 Å². The molecule has 0 saturated carbocycles. The molecule has 0 radical (unpaired) electrons. The summed E-state index contributed by atoms with van der Waals surface area (Å²) in [7, 11) is 0. The summed E-state index contributed by atoms with van der Waals surface area (Å²) in [6.07, 6.45) is 3.15. The quantitative estimate of drug-likeness (QED) is 0.805. The van der Waals surface area contributed by atoms with Crippen LogP contribution in [0.2, 0.25) is 5.02 Å². The molecule has 2 aromatic carbocycles. The molecule has 0 aliphatic heterocycles. The molecule has 96 valence electrons. The van der Waals surface area contributed by atoms with Crippen LogP contribution in [0.1, 0.15) is 5.56 Å². The maximum atomic E-state index is 11.8. The summed E-state index contributed by atoms with van der Waals surface area (Å²) in [6, 6.07) is 14.8. The Morgan fingerprint density at radius 1 is 1.16 bits per heavy atom. The van der Waals surface area contributed by atoms with E-state index in [0.717, 1.165) is 15.7 Å². The maximum Gasteiger partial charge on any atom is 0.248 e. The Morgan fingerprint density at radius 2 is 1.95 bits per heavy atom. The minimum atomic E-state index is -0.196. The van der Waals surface area contributed by atoms with E-state index >= 15 is 0 Å². The lowest BCUT2D eigenvalue weighted by Crippen LogP contribution is -2.07. The lowest BCUT2D eigenvalue weighted by Gasteiger charge is -2.02. The summed E-state index contributed by atoms with van der Waals surface area (Å²) in [4.78, 5) is 11.8. The van der Waals surface area contributed by atoms with Gasteiger partial charge in [-0.25, -0.2) is 0 Å². The number of carbonyl (C=O) groups is 1. The molecule has 0 saturated heterocycles. The van der Waals surface area contributed by atoms with Crippen LogP contribution >= 0.6 is 27.5 Å². The average Bonchev–Trinajstić information content (AvgIpc) is 2.38. The molecule has 2 rings (SSSR count). The van der Waals surface area contributed by atoms with Crippen LogP contribution in [0, 0.1) is 0 Å². The number of benzene rings is 2. The minimum absolute atomic E-state index is 0.196. The Morgan fingerprint density at radius 3 is 2.68 bits per heavy atom. The summed E-state index contributed by atoms with van der Waals surface area (Å²) in [5, 5.41) is 3.39.